The summed E-state index contributed by atoms with van der Waals surface area (Å²) >= 11 is 0. The monoisotopic (exact) mass is 1280 g/mol. The Balaban J connectivity index is 0.695. The lowest BCUT2D eigenvalue weighted by Crippen LogP contribution is -2.27. The van der Waals surface area contributed by atoms with Crippen LogP contribution in [0, 0.1) is 0 Å². The van der Waals surface area contributed by atoms with Gasteiger partial charge in [0.2, 0.25) is 0 Å². The van der Waals surface area contributed by atoms with E-state index in [0.29, 0.717) is 23.0 Å². The average molecular weight is 1280 g/mol. The lowest BCUT2D eigenvalue weighted by Gasteiger charge is -2.31. The number of hydrogen-bond donors (Lipinski definition) is 0. The minimum atomic E-state index is -0.470. The molecule has 2 aliphatic rings. The van der Waals surface area contributed by atoms with Gasteiger partial charge in [-0.25, -0.2) is 0 Å². The Hall–Kier alpha value is -12.2. The van der Waals surface area contributed by atoms with Crippen LogP contribution in [-0.4, -0.2) is 4.57 Å². The molecule has 2 aliphatic carbocycles. The third-order valence-corrected chi connectivity index (χ3v) is 22.6. The summed E-state index contributed by atoms with van der Waals surface area (Å²) in [6.07, 6.45) is 6.05. The predicted octanol–water partition coefficient (Wildman–Crippen LogP) is 26.5. The van der Waals surface area contributed by atoms with Crippen molar-refractivity contribution in [3.63, 3.8) is 0 Å². The third-order valence-electron chi connectivity index (χ3n) is 22.6. The van der Waals surface area contributed by atoms with Crippen LogP contribution in [0.5, 0.6) is 46.0 Å². The van der Waals surface area contributed by atoms with E-state index in [1.807, 2.05) is 0 Å². The first-order valence-electron chi connectivity index (χ1n) is 34.9. The average Bonchev–Trinajstić information content (AvgIpc) is 1.51. The zero-order valence-corrected chi connectivity index (χ0v) is 55.8. The molecule has 0 bridgehead atoms. The molecule has 1 atom stereocenters. The molecule has 19 aromatic rings. The molecule has 100 heavy (non-hydrogen) atoms. The van der Waals surface area contributed by atoms with E-state index in [2.05, 4.69) is 330 Å². The van der Waals surface area contributed by atoms with Crippen molar-refractivity contribution in [3.05, 3.63) is 318 Å². The molecule has 18 aromatic carbocycles. The molecular formula is C95H65NO4. The maximum absolute atomic E-state index is 7.59. The van der Waals surface area contributed by atoms with E-state index in [0.717, 1.165) is 68.8 Å². The van der Waals surface area contributed by atoms with Gasteiger partial charge >= 0.3 is 0 Å². The van der Waals surface area contributed by atoms with Crippen LogP contribution in [0.2, 0.25) is 0 Å². The van der Waals surface area contributed by atoms with E-state index in [4.69, 9.17) is 18.9 Å². The molecule has 1 aromatic heterocycles. The quantitative estimate of drug-likeness (QED) is 0.0956. The molecule has 0 N–H and O–H groups in total. The molecule has 0 amide bonds. The van der Waals surface area contributed by atoms with Gasteiger partial charge in [-0.2, -0.15) is 0 Å². The molecule has 1 unspecified atom stereocenters. The van der Waals surface area contributed by atoms with Crippen LogP contribution in [0.4, 0.5) is 0 Å². The van der Waals surface area contributed by atoms with Crippen LogP contribution < -0.4 is 18.9 Å². The molecule has 474 valence electrons. The van der Waals surface area contributed by atoms with Crippen LogP contribution in [0.25, 0.3) is 137 Å². The van der Waals surface area contributed by atoms with Gasteiger partial charge in [0.15, 0.2) is 23.0 Å². The highest BCUT2D eigenvalue weighted by Crippen LogP contribution is 2.66. The maximum atomic E-state index is 7.59. The van der Waals surface area contributed by atoms with Gasteiger partial charge in [0, 0.05) is 54.2 Å². The summed E-state index contributed by atoms with van der Waals surface area (Å²) in [6.45, 7) is 9.64. The van der Waals surface area contributed by atoms with Gasteiger partial charge in [-0.15, -0.1) is 0 Å². The van der Waals surface area contributed by atoms with Gasteiger partial charge in [-0.1, -0.05) is 228 Å². The third kappa shape index (κ3) is 8.48. The first kappa shape index (κ1) is 56.9. The smallest absolute Gasteiger partial charge is 0.170 e. The highest BCUT2D eigenvalue weighted by Gasteiger charge is 2.57. The highest BCUT2D eigenvalue weighted by atomic mass is 16.5. The summed E-state index contributed by atoms with van der Waals surface area (Å²) < 4.78 is 32.2. The Morgan fingerprint density at radius 2 is 0.590 bits per heavy atom. The van der Waals surface area contributed by atoms with E-state index in [1.165, 1.54) is 125 Å². The minimum Gasteiger partial charge on any atom is -0.453 e. The molecule has 21 rings (SSSR count). The SMILES string of the molecule is CC1(C)CC2(CC(C)(C)c3cc(Oc4ccc5ccc6cccc7ccc4c5c67)c(Oc4ccc5ccc6cccc7ccc4c5c67)cc32)c2cc(Oc3ccc4ccc5cccc6ccc3c4c56)c(Oc3ccc(C=Cc4ccc(-n5c6ccccc6c6ccccc65)cc4)cc3)cc21. The molecular weight excluding hydrogens is 1220 g/mol. The fourth-order valence-electron chi connectivity index (χ4n) is 18.3. The Bertz CT molecular complexity index is 6550. The Kier molecular flexibility index (Phi) is 11.9. The number of rotatable bonds is 11. The van der Waals surface area contributed by atoms with Crippen molar-refractivity contribution in [2.75, 3.05) is 0 Å². The molecule has 1 spiro atoms. The van der Waals surface area contributed by atoms with Gasteiger partial charge in [0.25, 0.3) is 0 Å². The zero-order chi connectivity index (χ0) is 66.3. The molecule has 0 saturated heterocycles. The lowest BCUT2D eigenvalue weighted by molar-refractivity contribution is 0.349. The first-order valence-corrected chi connectivity index (χ1v) is 34.9. The summed E-state index contributed by atoms with van der Waals surface area (Å²) in [7, 11) is 0. The number of benzene rings is 18. The summed E-state index contributed by atoms with van der Waals surface area (Å²) in [5.74, 6) is 5.72. The molecule has 0 fully saturated rings. The molecule has 0 saturated carbocycles. The second-order valence-corrected chi connectivity index (χ2v) is 29.4. The van der Waals surface area contributed by atoms with Crippen molar-refractivity contribution in [1.82, 2.24) is 4.57 Å². The number of nitrogens with zero attached hydrogens (tertiary/aromatic N) is 1. The van der Waals surface area contributed by atoms with E-state index >= 15 is 0 Å². The van der Waals surface area contributed by atoms with Crippen LogP contribution in [0.1, 0.15) is 73.9 Å². The summed E-state index contributed by atoms with van der Waals surface area (Å²) in [4.78, 5) is 0. The lowest BCUT2D eigenvalue weighted by atomic mass is 9.72. The van der Waals surface area contributed by atoms with Gasteiger partial charge in [0.1, 0.15) is 23.0 Å². The maximum Gasteiger partial charge on any atom is 0.170 e. The van der Waals surface area contributed by atoms with E-state index in [-0.39, 0.29) is 10.8 Å². The van der Waals surface area contributed by atoms with Crippen molar-refractivity contribution in [2.24, 2.45) is 0 Å². The normalized spacial score (nSPS) is 15.7. The summed E-state index contributed by atoms with van der Waals surface area (Å²) in [5, 5.41) is 23.8. The Morgan fingerprint density at radius 3 is 0.980 bits per heavy atom. The second kappa shape index (κ2) is 20.9. The van der Waals surface area contributed by atoms with E-state index in [1.54, 1.807) is 0 Å². The molecule has 0 radical (unpaired) electrons. The van der Waals surface area contributed by atoms with Crippen LogP contribution in [0.15, 0.2) is 285 Å². The van der Waals surface area contributed by atoms with Crippen molar-refractivity contribution >= 4 is 131 Å². The van der Waals surface area contributed by atoms with E-state index < -0.39 is 5.41 Å². The van der Waals surface area contributed by atoms with Crippen molar-refractivity contribution < 1.29 is 18.9 Å². The first-order chi connectivity index (χ1) is 48.9. The molecule has 5 heteroatoms. The number of ether oxygens (including phenoxy) is 4. The number of para-hydroxylation sites is 2. The molecule has 1 heterocycles. The second-order valence-electron chi connectivity index (χ2n) is 29.4. The Morgan fingerprint density at radius 1 is 0.270 bits per heavy atom. The van der Waals surface area contributed by atoms with Crippen LogP contribution in [-0.2, 0) is 16.2 Å². The highest BCUT2D eigenvalue weighted by molar-refractivity contribution is 6.26. The topological polar surface area (TPSA) is 41.9 Å². The van der Waals surface area contributed by atoms with Crippen LogP contribution >= 0.6 is 0 Å². The molecule has 5 nitrogen and oxygen atoms in total. The number of aromatic nitrogens is 1. The number of fused-ring (bicyclic) bond motifs is 7. The largest absolute Gasteiger partial charge is 0.453 e. The number of hydrogen-bond acceptors (Lipinski definition) is 4. The van der Waals surface area contributed by atoms with Crippen molar-refractivity contribution in [3.8, 4) is 51.7 Å². The Labute approximate surface area is 577 Å². The van der Waals surface area contributed by atoms with Gasteiger partial charge < -0.3 is 23.5 Å². The molecule has 0 aliphatic heterocycles. The van der Waals surface area contributed by atoms with Gasteiger partial charge in [-0.05, 0) is 219 Å². The standard InChI is InChI=1S/C95H65NO4/c1-93(2)54-95(55-94(3,4)75-51-84(98-80-47-37-64-31-28-58-12-9-15-61-34-44-71(80)90(64)87(58)61)86(53-77(75)95)100-82-49-39-66-33-30-60-14-11-17-63-36-46-73(82)92(66)89(60)63)76-52-85(99-81-48-38-65-32-29-59-13-10-16-62-35-45-72(81)91(65)88(59)62)83(50-74(76)93)97-68-42-26-57(27-43-68)23-22-56-24-40-67(41-25-56)96-78-20-7-5-18-69(78)70-19-6-8-21-79(70)96/h5-53H,54-55H2,1-4H3. The van der Waals surface area contributed by atoms with Crippen molar-refractivity contribution in [2.45, 2.75) is 56.8 Å². The minimum absolute atomic E-state index is 0.295. The predicted molar refractivity (Wildman–Crippen MR) is 416 cm³/mol. The van der Waals surface area contributed by atoms with Gasteiger partial charge in [0.05, 0.1) is 11.0 Å². The zero-order valence-electron chi connectivity index (χ0n) is 55.8. The summed E-state index contributed by atoms with van der Waals surface area (Å²) in [6, 6.07) is 103. The van der Waals surface area contributed by atoms with Crippen molar-refractivity contribution in [1.29, 1.82) is 0 Å². The fourth-order valence-corrected chi connectivity index (χ4v) is 18.3. The van der Waals surface area contributed by atoms with E-state index in [9.17, 15) is 0 Å². The van der Waals surface area contributed by atoms with Crippen LogP contribution in [0.3, 0.4) is 0 Å². The fraction of sp³-hybridized carbons (Fsp3) is 0.0947. The summed E-state index contributed by atoms with van der Waals surface area (Å²) in [5.41, 5.74) is 9.61. The van der Waals surface area contributed by atoms with Gasteiger partial charge in [-0.3, -0.25) is 0 Å².